The van der Waals surface area contributed by atoms with Crippen LogP contribution in [0.15, 0.2) is 0 Å². The molecule has 1 aliphatic heterocycles. The normalized spacial score (nSPS) is 28.1. The van der Waals surface area contributed by atoms with Gasteiger partial charge in [-0.2, -0.15) is 0 Å². The Balaban J connectivity index is 2.42. The highest BCUT2D eigenvalue weighted by Crippen LogP contribution is 2.15. The number of hydrogen-bond donors (Lipinski definition) is 1. The van der Waals surface area contributed by atoms with E-state index in [1.54, 1.807) is 0 Å². The lowest BCUT2D eigenvalue weighted by molar-refractivity contribution is -0.121. The van der Waals surface area contributed by atoms with Gasteiger partial charge >= 0.3 is 0 Å². The number of halogens is 1. The second-order valence-corrected chi connectivity index (χ2v) is 2.76. The molecule has 1 rings (SSSR count). The van der Waals surface area contributed by atoms with Gasteiger partial charge in [-0.15, -0.1) is 11.6 Å². The molecule has 0 spiro atoms. The molecule has 0 radical (unpaired) electrons. The number of amides is 1. The molecule has 1 heterocycles. The summed E-state index contributed by atoms with van der Waals surface area (Å²) in [6.07, 6.45) is 0. The minimum atomic E-state index is 0.0432. The van der Waals surface area contributed by atoms with E-state index in [1.165, 1.54) is 11.9 Å². The molecule has 46 valence electrons. The first-order valence-corrected chi connectivity index (χ1v) is 3.84. The maximum absolute atomic E-state index is 10.6. The predicted molar refractivity (Wildman–Crippen MR) is 34.8 cm³/mol. The van der Waals surface area contributed by atoms with Crippen LogP contribution in [0.2, 0.25) is 0 Å². The highest BCUT2D eigenvalue weighted by atomic mass is 35.5. The van der Waals surface area contributed by atoms with Crippen LogP contribution in [0.5, 0.6) is 0 Å². The Morgan fingerprint density at radius 2 is 2.75 bits per heavy atom. The van der Waals surface area contributed by atoms with E-state index < -0.39 is 0 Å². The van der Waals surface area contributed by atoms with Crippen molar-refractivity contribution in [2.45, 2.75) is 0 Å². The van der Waals surface area contributed by atoms with Crippen LogP contribution < -0.4 is 4.72 Å². The number of carbonyl (C=O) groups is 1. The molecule has 1 fully saturated rings. The SMILES string of the molecule is O=C1NSCC1CCl. The van der Waals surface area contributed by atoms with Crippen molar-refractivity contribution >= 4 is 29.5 Å². The molecular formula is C4H6ClNOS. The number of nitrogens with one attached hydrogen (secondary N) is 1. The quantitative estimate of drug-likeness (QED) is 0.440. The van der Waals surface area contributed by atoms with Crippen molar-refractivity contribution in [3.05, 3.63) is 0 Å². The minimum Gasteiger partial charge on any atom is -0.300 e. The third kappa shape index (κ3) is 1.09. The van der Waals surface area contributed by atoms with Crippen LogP contribution in [0.3, 0.4) is 0 Å². The molecule has 1 atom stereocenters. The zero-order valence-electron chi connectivity index (χ0n) is 4.19. The van der Waals surface area contributed by atoms with E-state index in [0.717, 1.165) is 5.75 Å². The van der Waals surface area contributed by atoms with Gasteiger partial charge in [0.2, 0.25) is 5.91 Å². The molecule has 1 aliphatic rings. The van der Waals surface area contributed by atoms with Crippen molar-refractivity contribution in [1.82, 2.24) is 4.72 Å². The molecule has 1 saturated heterocycles. The first-order chi connectivity index (χ1) is 3.84. The number of rotatable bonds is 1. The Hall–Kier alpha value is 0.110. The van der Waals surface area contributed by atoms with Gasteiger partial charge in [0, 0.05) is 11.6 Å². The molecule has 4 heteroatoms. The Morgan fingerprint density at radius 1 is 2.00 bits per heavy atom. The Labute approximate surface area is 57.1 Å². The van der Waals surface area contributed by atoms with Crippen LogP contribution >= 0.6 is 23.5 Å². The largest absolute Gasteiger partial charge is 0.300 e. The van der Waals surface area contributed by atoms with Gasteiger partial charge in [0.05, 0.1) is 5.92 Å². The summed E-state index contributed by atoms with van der Waals surface area (Å²) < 4.78 is 2.61. The standard InChI is InChI=1S/C4H6ClNOS/c5-1-3-2-8-6-4(3)7/h3H,1-2H2,(H,6,7). The molecule has 1 unspecified atom stereocenters. The van der Waals surface area contributed by atoms with Crippen molar-refractivity contribution in [2.75, 3.05) is 11.6 Å². The maximum Gasteiger partial charge on any atom is 0.235 e. The predicted octanol–water partition coefficient (Wildman–Crippen LogP) is 0.619. The van der Waals surface area contributed by atoms with Gasteiger partial charge in [0.15, 0.2) is 0 Å². The zero-order valence-corrected chi connectivity index (χ0v) is 5.76. The molecule has 1 amide bonds. The highest BCUT2D eigenvalue weighted by molar-refractivity contribution is 7.98. The van der Waals surface area contributed by atoms with Crippen LogP contribution in [0, 0.1) is 5.92 Å². The third-order valence-electron chi connectivity index (χ3n) is 1.01. The molecule has 0 aromatic carbocycles. The van der Waals surface area contributed by atoms with Crippen molar-refractivity contribution in [3.63, 3.8) is 0 Å². The summed E-state index contributed by atoms with van der Waals surface area (Å²) in [4.78, 5) is 10.6. The molecule has 1 N–H and O–H groups in total. The summed E-state index contributed by atoms with van der Waals surface area (Å²) in [6, 6.07) is 0. The Bertz CT molecular complexity index is 108. The summed E-state index contributed by atoms with van der Waals surface area (Å²) in [5.41, 5.74) is 0. The van der Waals surface area contributed by atoms with Gasteiger partial charge in [-0.3, -0.25) is 9.52 Å². The van der Waals surface area contributed by atoms with E-state index in [0.29, 0.717) is 5.88 Å². The first kappa shape index (κ1) is 6.23. The molecule has 0 saturated carbocycles. The average molecular weight is 152 g/mol. The van der Waals surface area contributed by atoms with E-state index in [-0.39, 0.29) is 11.8 Å². The molecule has 2 nitrogen and oxygen atoms in total. The number of hydrogen-bond acceptors (Lipinski definition) is 2. The fourth-order valence-corrected chi connectivity index (χ4v) is 1.73. The number of alkyl halides is 1. The van der Waals surface area contributed by atoms with Crippen molar-refractivity contribution in [1.29, 1.82) is 0 Å². The zero-order chi connectivity index (χ0) is 5.98. The Morgan fingerprint density at radius 3 is 3.00 bits per heavy atom. The van der Waals surface area contributed by atoms with Crippen molar-refractivity contribution in [2.24, 2.45) is 5.92 Å². The van der Waals surface area contributed by atoms with Crippen LogP contribution in [0.1, 0.15) is 0 Å². The molecule has 0 aliphatic carbocycles. The summed E-state index contributed by atoms with van der Waals surface area (Å²) in [5.74, 6) is 1.38. The average Bonchev–Trinajstić information content (AvgIpc) is 2.14. The molecule has 8 heavy (non-hydrogen) atoms. The van der Waals surface area contributed by atoms with Crippen LogP contribution in [0.25, 0.3) is 0 Å². The fourth-order valence-electron chi connectivity index (χ4n) is 0.487. The van der Waals surface area contributed by atoms with Crippen molar-refractivity contribution < 1.29 is 4.79 Å². The van der Waals surface area contributed by atoms with E-state index in [4.69, 9.17) is 11.6 Å². The van der Waals surface area contributed by atoms with Crippen LogP contribution in [0.4, 0.5) is 0 Å². The highest BCUT2D eigenvalue weighted by Gasteiger charge is 2.23. The Kier molecular flexibility index (Phi) is 2.02. The third-order valence-corrected chi connectivity index (χ3v) is 2.30. The smallest absolute Gasteiger partial charge is 0.235 e. The van der Waals surface area contributed by atoms with Gasteiger partial charge < -0.3 is 0 Å². The summed E-state index contributed by atoms with van der Waals surface area (Å²) in [7, 11) is 0. The monoisotopic (exact) mass is 151 g/mol. The van der Waals surface area contributed by atoms with E-state index in [2.05, 4.69) is 4.72 Å². The van der Waals surface area contributed by atoms with Gasteiger partial charge in [-0.25, -0.2) is 0 Å². The molecular weight excluding hydrogens is 146 g/mol. The first-order valence-electron chi connectivity index (χ1n) is 2.32. The van der Waals surface area contributed by atoms with Gasteiger partial charge in [-0.1, -0.05) is 0 Å². The molecule has 0 bridgehead atoms. The summed E-state index contributed by atoms with van der Waals surface area (Å²) >= 11 is 6.86. The maximum atomic E-state index is 10.6. The van der Waals surface area contributed by atoms with E-state index >= 15 is 0 Å². The van der Waals surface area contributed by atoms with Gasteiger partial charge in [0.1, 0.15) is 0 Å². The molecule has 0 aromatic rings. The van der Waals surface area contributed by atoms with Crippen LogP contribution in [-0.4, -0.2) is 17.5 Å². The molecule has 0 aromatic heterocycles. The lowest BCUT2D eigenvalue weighted by atomic mass is 10.2. The summed E-state index contributed by atoms with van der Waals surface area (Å²) in [6.45, 7) is 0. The van der Waals surface area contributed by atoms with E-state index in [1.807, 2.05) is 0 Å². The van der Waals surface area contributed by atoms with Gasteiger partial charge in [-0.05, 0) is 11.9 Å². The second kappa shape index (κ2) is 2.60. The summed E-state index contributed by atoms with van der Waals surface area (Å²) in [5, 5.41) is 0. The van der Waals surface area contributed by atoms with Gasteiger partial charge in [0.25, 0.3) is 0 Å². The second-order valence-electron chi connectivity index (χ2n) is 1.63. The van der Waals surface area contributed by atoms with Crippen LogP contribution in [-0.2, 0) is 4.79 Å². The minimum absolute atomic E-state index is 0.0432. The topological polar surface area (TPSA) is 29.1 Å². The lowest BCUT2D eigenvalue weighted by Gasteiger charge is -1.94. The van der Waals surface area contributed by atoms with Crippen molar-refractivity contribution in [3.8, 4) is 0 Å². The fraction of sp³-hybridized carbons (Fsp3) is 0.750. The number of carbonyl (C=O) groups excluding carboxylic acids is 1. The lowest BCUT2D eigenvalue weighted by Crippen LogP contribution is -2.18. The van der Waals surface area contributed by atoms with E-state index in [9.17, 15) is 4.79 Å².